The number of piperazine rings is 1. The third-order valence-electron chi connectivity index (χ3n) is 5.14. The average Bonchev–Trinajstić information content (AvgIpc) is 2.64. The van der Waals surface area contributed by atoms with Crippen LogP contribution in [0.1, 0.15) is 36.8 Å². The standard InChI is InChI=1S/C17H25N5O3/c1-12(23)21-8-10-22(11-9-21)14-5-2-4-13(15(14)24)20-17(25)16-18-6-3-7-19-16/h3,6-7,13-15,24H,2,4-5,8-11H2,1H3,(H,20,25)/t13-,14-,15-/m1/s1. The SMILES string of the molecule is CC(=O)N1CCN([C@@H]2CCC[C@@H](NC(=O)c3ncccn3)[C@H]2O)CC1. The fourth-order valence-corrected chi connectivity index (χ4v) is 3.73. The van der Waals surface area contributed by atoms with Gasteiger partial charge < -0.3 is 15.3 Å². The Morgan fingerprint density at radius 1 is 1.16 bits per heavy atom. The van der Waals surface area contributed by atoms with Crippen LogP contribution in [0.25, 0.3) is 0 Å². The average molecular weight is 347 g/mol. The summed E-state index contributed by atoms with van der Waals surface area (Å²) < 4.78 is 0. The summed E-state index contributed by atoms with van der Waals surface area (Å²) in [5, 5.41) is 13.6. The van der Waals surface area contributed by atoms with Gasteiger partial charge in [0, 0.05) is 51.5 Å². The zero-order valence-corrected chi connectivity index (χ0v) is 14.5. The van der Waals surface area contributed by atoms with Crippen LogP contribution in [0.3, 0.4) is 0 Å². The summed E-state index contributed by atoms with van der Waals surface area (Å²) in [4.78, 5) is 35.7. The number of carbonyl (C=O) groups is 2. The summed E-state index contributed by atoms with van der Waals surface area (Å²) >= 11 is 0. The first-order valence-corrected chi connectivity index (χ1v) is 8.82. The second kappa shape index (κ2) is 7.88. The smallest absolute Gasteiger partial charge is 0.289 e. The quantitative estimate of drug-likeness (QED) is 0.776. The molecule has 2 aliphatic rings. The van der Waals surface area contributed by atoms with Crippen LogP contribution < -0.4 is 5.32 Å². The van der Waals surface area contributed by atoms with E-state index in [0.717, 1.165) is 32.4 Å². The summed E-state index contributed by atoms with van der Waals surface area (Å²) in [6, 6.07) is 1.36. The molecule has 0 unspecified atom stereocenters. The van der Waals surface area contributed by atoms with Crippen LogP contribution in [0.15, 0.2) is 18.5 Å². The number of aliphatic hydroxyl groups excluding tert-OH is 1. The molecule has 2 N–H and O–H groups in total. The molecular weight excluding hydrogens is 322 g/mol. The molecule has 1 saturated heterocycles. The van der Waals surface area contributed by atoms with Crippen LogP contribution in [-0.2, 0) is 4.79 Å². The fraction of sp³-hybridized carbons (Fsp3) is 0.647. The van der Waals surface area contributed by atoms with Gasteiger partial charge in [-0.25, -0.2) is 9.97 Å². The Labute approximate surface area is 147 Å². The minimum Gasteiger partial charge on any atom is -0.389 e. The van der Waals surface area contributed by atoms with Crippen LogP contribution in [-0.4, -0.2) is 81.1 Å². The number of amides is 2. The molecule has 1 saturated carbocycles. The lowest BCUT2D eigenvalue weighted by molar-refractivity contribution is -0.131. The third kappa shape index (κ3) is 4.13. The molecule has 0 aromatic carbocycles. The molecule has 0 spiro atoms. The van der Waals surface area contributed by atoms with Crippen LogP contribution >= 0.6 is 0 Å². The molecule has 8 heteroatoms. The molecule has 8 nitrogen and oxygen atoms in total. The lowest BCUT2D eigenvalue weighted by atomic mass is 9.86. The van der Waals surface area contributed by atoms with E-state index in [1.165, 1.54) is 12.4 Å². The summed E-state index contributed by atoms with van der Waals surface area (Å²) in [5.41, 5.74) is 0. The molecule has 1 aliphatic carbocycles. The maximum absolute atomic E-state index is 12.3. The van der Waals surface area contributed by atoms with Crippen molar-refractivity contribution in [1.82, 2.24) is 25.1 Å². The molecule has 2 fully saturated rings. The van der Waals surface area contributed by atoms with Crippen molar-refractivity contribution in [1.29, 1.82) is 0 Å². The maximum Gasteiger partial charge on any atom is 0.289 e. The fourth-order valence-electron chi connectivity index (χ4n) is 3.73. The van der Waals surface area contributed by atoms with Gasteiger partial charge in [0.05, 0.1) is 12.1 Å². The summed E-state index contributed by atoms with van der Waals surface area (Å²) in [6.07, 6.45) is 4.99. The molecule has 1 aliphatic heterocycles. The number of hydrogen-bond acceptors (Lipinski definition) is 6. The van der Waals surface area contributed by atoms with E-state index < -0.39 is 6.10 Å². The van der Waals surface area contributed by atoms with E-state index in [-0.39, 0.29) is 29.7 Å². The van der Waals surface area contributed by atoms with Crippen LogP contribution in [0.4, 0.5) is 0 Å². The molecule has 0 radical (unpaired) electrons. The van der Waals surface area contributed by atoms with Crippen molar-refractivity contribution in [3.63, 3.8) is 0 Å². The molecule has 3 atom stereocenters. The van der Waals surface area contributed by atoms with Crippen molar-refractivity contribution < 1.29 is 14.7 Å². The second-order valence-corrected chi connectivity index (χ2v) is 6.68. The first-order valence-electron chi connectivity index (χ1n) is 8.82. The Balaban J connectivity index is 1.59. The first kappa shape index (κ1) is 17.8. The number of nitrogens with zero attached hydrogens (tertiary/aromatic N) is 4. The van der Waals surface area contributed by atoms with Crippen LogP contribution in [0.5, 0.6) is 0 Å². The molecule has 25 heavy (non-hydrogen) atoms. The lowest BCUT2D eigenvalue weighted by Crippen LogP contribution is -2.60. The lowest BCUT2D eigenvalue weighted by Gasteiger charge is -2.44. The van der Waals surface area contributed by atoms with E-state index in [1.54, 1.807) is 13.0 Å². The minimum atomic E-state index is -0.634. The van der Waals surface area contributed by atoms with Gasteiger partial charge in [0.15, 0.2) is 0 Å². The van der Waals surface area contributed by atoms with Crippen molar-refractivity contribution in [3.8, 4) is 0 Å². The third-order valence-corrected chi connectivity index (χ3v) is 5.14. The molecule has 0 bridgehead atoms. The molecule has 3 rings (SSSR count). The van der Waals surface area contributed by atoms with Crippen molar-refractivity contribution in [3.05, 3.63) is 24.3 Å². The van der Waals surface area contributed by atoms with Gasteiger partial charge in [-0.05, 0) is 25.3 Å². The highest BCUT2D eigenvalue weighted by Crippen LogP contribution is 2.25. The predicted octanol–water partition coefficient (Wildman–Crippen LogP) is -0.347. The molecular formula is C17H25N5O3. The van der Waals surface area contributed by atoms with E-state index in [0.29, 0.717) is 13.1 Å². The highest BCUT2D eigenvalue weighted by atomic mass is 16.3. The normalized spacial score (nSPS) is 27.8. The van der Waals surface area contributed by atoms with Gasteiger partial charge >= 0.3 is 0 Å². The van der Waals surface area contributed by atoms with Gasteiger partial charge in [0.2, 0.25) is 11.7 Å². The Kier molecular flexibility index (Phi) is 5.60. The summed E-state index contributed by atoms with van der Waals surface area (Å²) in [6.45, 7) is 4.47. The van der Waals surface area contributed by atoms with E-state index in [2.05, 4.69) is 20.2 Å². The van der Waals surface area contributed by atoms with Gasteiger partial charge in [0.25, 0.3) is 5.91 Å². The zero-order chi connectivity index (χ0) is 17.8. The monoisotopic (exact) mass is 347 g/mol. The number of aromatic nitrogens is 2. The summed E-state index contributed by atoms with van der Waals surface area (Å²) in [7, 11) is 0. The zero-order valence-electron chi connectivity index (χ0n) is 14.5. The molecule has 1 aromatic heterocycles. The largest absolute Gasteiger partial charge is 0.389 e. The number of nitrogens with one attached hydrogen (secondary N) is 1. The summed E-state index contributed by atoms with van der Waals surface area (Å²) in [5.74, 6) is -0.143. The molecule has 136 valence electrons. The van der Waals surface area contributed by atoms with Crippen molar-refractivity contribution in [2.24, 2.45) is 0 Å². The molecule has 2 amide bonds. The Morgan fingerprint density at radius 2 is 1.84 bits per heavy atom. The van der Waals surface area contributed by atoms with Crippen molar-refractivity contribution in [2.45, 2.75) is 44.4 Å². The predicted molar refractivity (Wildman–Crippen MR) is 90.8 cm³/mol. The number of hydrogen-bond donors (Lipinski definition) is 2. The number of carbonyl (C=O) groups excluding carboxylic acids is 2. The second-order valence-electron chi connectivity index (χ2n) is 6.68. The van der Waals surface area contributed by atoms with Gasteiger partial charge in [-0.2, -0.15) is 0 Å². The Hall–Kier alpha value is -2.06. The van der Waals surface area contributed by atoms with E-state index in [1.807, 2.05) is 4.90 Å². The Bertz CT molecular complexity index is 604. The number of rotatable bonds is 3. The van der Waals surface area contributed by atoms with E-state index >= 15 is 0 Å². The van der Waals surface area contributed by atoms with Crippen LogP contribution in [0.2, 0.25) is 0 Å². The van der Waals surface area contributed by atoms with E-state index in [9.17, 15) is 14.7 Å². The first-order chi connectivity index (χ1) is 12.1. The van der Waals surface area contributed by atoms with Crippen molar-refractivity contribution >= 4 is 11.8 Å². The van der Waals surface area contributed by atoms with Crippen LogP contribution in [0, 0.1) is 0 Å². The highest BCUT2D eigenvalue weighted by molar-refractivity contribution is 5.90. The van der Waals surface area contributed by atoms with Gasteiger partial charge in [0.1, 0.15) is 0 Å². The van der Waals surface area contributed by atoms with Gasteiger partial charge in [-0.1, -0.05) is 0 Å². The van der Waals surface area contributed by atoms with Gasteiger partial charge in [-0.3, -0.25) is 14.5 Å². The minimum absolute atomic E-state index is 0.00449. The van der Waals surface area contributed by atoms with E-state index in [4.69, 9.17) is 0 Å². The molecule has 2 heterocycles. The van der Waals surface area contributed by atoms with Crippen molar-refractivity contribution in [2.75, 3.05) is 26.2 Å². The Morgan fingerprint density at radius 3 is 2.48 bits per heavy atom. The maximum atomic E-state index is 12.3. The highest BCUT2D eigenvalue weighted by Gasteiger charge is 2.37. The van der Waals surface area contributed by atoms with Gasteiger partial charge in [-0.15, -0.1) is 0 Å². The topological polar surface area (TPSA) is 98.7 Å². The molecule has 1 aromatic rings. The number of aliphatic hydroxyl groups is 1.